The van der Waals surface area contributed by atoms with Gasteiger partial charge < -0.3 is 110 Å². The van der Waals surface area contributed by atoms with Gasteiger partial charge in [0.2, 0.25) is 53.4 Å². The zero-order valence-corrected chi connectivity index (χ0v) is 67.4. The number of urea groups is 1. The molecular formula is C84H97Cl2N9O25. The summed E-state index contributed by atoms with van der Waals surface area (Å²) >= 11 is 14.3. The van der Waals surface area contributed by atoms with Gasteiger partial charge in [-0.15, -0.1) is 0 Å². The van der Waals surface area contributed by atoms with Crippen LogP contribution in [0.3, 0.4) is 0 Å². The van der Waals surface area contributed by atoms with Crippen LogP contribution in [-0.4, -0.2) is 197 Å². The summed E-state index contributed by atoms with van der Waals surface area (Å²) in [5.41, 5.74) is -1.39. The second-order valence-corrected chi connectivity index (χ2v) is 29.3. The summed E-state index contributed by atoms with van der Waals surface area (Å²) in [6, 6.07) is -0.106. The van der Waals surface area contributed by atoms with Crippen LogP contribution in [-0.2, 0) is 57.4 Å². The van der Waals surface area contributed by atoms with E-state index in [-0.39, 0.29) is 107 Å². The third-order valence-electron chi connectivity index (χ3n) is 19.1. The van der Waals surface area contributed by atoms with E-state index in [1.165, 1.54) is 72.8 Å². The van der Waals surface area contributed by atoms with Crippen LogP contribution in [0.4, 0.5) is 4.79 Å². The van der Waals surface area contributed by atoms with Crippen molar-refractivity contribution >= 4 is 88.7 Å². The maximum atomic E-state index is 16.6. The lowest BCUT2D eigenvalue weighted by molar-refractivity contribution is -0.277. The number of esters is 2. The van der Waals surface area contributed by atoms with Crippen molar-refractivity contribution in [2.24, 2.45) is 10.9 Å². The van der Waals surface area contributed by atoms with E-state index in [4.69, 9.17) is 65.8 Å². The number of imide groups is 1. The number of halogens is 2. The topological polar surface area (TPSA) is 484 Å². The van der Waals surface area contributed by atoms with Crippen molar-refractivity contribution in [3.05, 3.63) is 180 Å². The Morgan fingerprint density at radius 2 is 1.19 bits per heavy atom. The smallest absolute Gasteiger partial charge is 0.349 e. The summed E-state index contributed by atoms with van der Waals surface area (Å²) in [5, 5.41) is 88.9. The molecule has 1 saturated heterocycles. The van der Waals surface area contributed by atoms with Crippen molar-refractivity contribution in [1.82, 2.24) is 42.5 Å². The molecule has 9 amide bonds. The molecule has 14 N–H and O–H groups in total. The Morgan fingerprint density at radius 3 is 1.82 bits per heavy atom. The summed E-state index contributed by atoms with van der Waals surface area (Å²) in [6.45, 7) is 22.0. The van der Waals surface area contributed by atoms with Crippen LogP contribution in [0.1, 0.15) is 130 Å². The number of ether oxygens (including phenoxy) is 9. The molecule has 5 unspecified atom stereocenters. The Kier molecular flexibility index (Phi) is 33.7. The largest absolute Gasteiger partial charge is 0.489 e. The van der Waals surface area contributed by atoms with E-state index < -0.39 is 197 Å². The Balaban J connectivity index is 1.34. The first kappa shape index (κ1) is 92.2. The molecule has 642 valence electrons. The summed E-state index contributed by atoms with van der Waals surface area (Å²) in [7, 11) is 0. The molecule has 6 aliphatic rings. The van der Waals surface area contributed by atoms with Crippen molar-refractivity contribution < 1.29 is 121 Å². The van der Waals surface area contributed by atoms with Crippen molar-refractivity contribution in [3.8, 4) is 57.1 Å². The Hall–Kier alpha value is -11.7. The number of fused-ring (bicyclic) bond motifs is 15. The van der Waals surface area contributed by atoms with E-state index in [1.54, 1.807) is 13.8 Å². The monoisotopic (exact) mass is 1700 g/mol. The summed E-state index contributed by atoms with van der Waals surface area (Å²) in [4.78, 5) is 155. The average molecular weight is 1700 g/mol. The number of benzene rings is 5. The van der Waals surface area contributed by atoms with Gasteiger partial charge in [0, 0.05) is 29.3 Å². The van der Waals surface area contributed by atoms with Gasteiger partial charge in [-0.1, -0.05) is 158 Å². The lowest BCUT2D eigenvalue weighted by Crippen LogP contribution is -2.60. The number of carbonyl (C=O) groups is 10. The van der Waals surface area contributed by atoms with Crippen LogP contribution < -0.4 is 71.0 Å². The van der Waals surface area contributed by atoms with Crippen molar-refractivity contribution in [1.29, 1.82) is 0 Å². The third-order valence-corrected chi connectivity index (χ3v) is 19.7. The van der Waals surface area contributed by atoms with Gasteiger partial charge in [0.25, 0.3) is 0 Å². The lowest BCUT2D eigenvalue weighted by Gasteiger charge is -2.39. The molecular weight excluding hydrogens is 1610 g/mol. The fraction of sp³-hybridized carbons (Fsp3) is 0.393. The van der Waals surface area contributed by atoms with Crippen molar-refractivity contribution in [3.63, 3.8) is 0 Å². The molecule has 11 bridgehead atoms. The second-order valence-electron chi connectivity index (χ2n) is 28.5. The minimum absolute atomic E-state index is 0.0176. The molecule has 6 aliphatic heterocycles. The fourth-order valence-corrected chi connectivity index (χ4v) is 13.6. The van der Waals surface area contributed by atoms with E-state index >= 15 is 24.0 Å². The third kappa shape index (κ3) is 23.6. The minimum Gasteiger partial charge on any atom is -0.489 e. The number of carbonyl (C=O) groups excluding carboxylic acids is 10. The van der Waals surface area contributed by atoms with E-state index in [1.807, 2.05) is 0 Å². The maximum Gasteiger partial charge on any atom is 0.349 e. The summed E-state index contributed by atoms with van der Waals surface area (Å²) < 4.78 is 54.9. The molecule has 0 spiro atoms. The Bertz CT molecular complexity index is 4680. The summed E-state index contributed by atoms with van der Waals surface area (Å²) in [6.07, 6.45) is -3.27. The average Bonchev–Trinajstić information content (AvgIpc) is 0.739. The molecule has 0 saturated carbocycles. The standard InChI is InChI=1S/C84H97Cl2N9O25/c1-9-15-16-17-18-19-26-87-84(111)90-62(97)40-54-77(105)91-66-47-36-59(117-56-24-21-45(34-51(56)85)70(99)68(80(108)89-54)94-76(104)53(32-43(7)8)88-41-63(98)115-30-13-5)75(120-83-74(103)73(102)72(101)61(42-96)119-83)60(37-47)118-57-25-22-46(35-52(57)86)71(100)69-81(109)93-67(82(110)116-31-14-6)50-38-48(112-27-10-2)39-58(114-29-12-4)64(50)49-33-44(20-23-55(49)113-28-11-3)65(78(106)95-69)92-79(66)107/h10-14,20-25,33-39,41,43,53-54,61,65-74,83,96,99-103H,2-6,9,15-19,26-32,40,42H2,1,7-8H3,(H,89,108)(H,91,105)(H,92,107)(H,93,109)(H,94,104)(H,95,106)(H2,87,90,97,111)/t53-,54+,61?,65-,66-,67+,68-,69+,70-,71-,72?,73?,74?,83?/m1/s1. The number of amides is 9. The van der Waals surface area contributed by atoms with Gasteiger partial charge in [0.15, 0.2) is 17.5 Å². The number of hydrogen-bond donors (Lipinski definition) is 14. The number of rotatable bonds is 32. The molecule has 0 radical (unpaired) electrons. The number of aliphatic hydroxyl groups excluding tert-OH is 6. The molecule has 6 heterocycles. The Labute approximate surface area is 700 Å². The lowest BCUT2D eigenvalue weighted by atomic mass is 9.89. The van der Waals surface area contributed by atoms with Crippen LogP contribution in [0.25, 0.3) is 11.1 Å². The van der Waals surface area contributed by atoms with Gasteiger partial charge in [-0.2, -0.15) is 0 Å². The number of unbranched alkanes of at least 4 members (excludes halogenated alkanes) is 5. The van der Waals surface area contributed by atoms with Gasteiger partial charge in [0.05, 0.1) is 23.1 Å². The molecule has 120 heavy (non-hydrogen) atoms. The van der Waals surface area contributed by atoms with E-state index in [0.717, 1.165) is 74.7 Å². The molecule has 34 nitrogen and oxygen atoms in total. The minimum atomic E-state index is -2.40. The van der Waals surface area contributed by atoms with Crippen LogP contribution >= 0.6 is 23.2 Å². The van der Waals surface area contributed by atoms with Crippen molar-refractivity contribution in [2.45, 2.75) is 157 Å². The first-order valence-electron chi connectivity index (χ1n) is 38.5. The predicted molar refractivity (Wildman–Crippen MR) is 435 cm³/mol. The van der Waals surface area contributed by atoms with Crippen LogP contribution in [0, 0.1) is 5.92 Å². The first-order valence-corrected chi connectivity index (χ1v) is 39.3. The second kappa shape index (κ2) is 43.8. The quantitative estimate of drug-likeness (QED) is 0.00962. The number of hydrogen-bond acceptors (Lipinski definition) is 26. The molecule has 11 rings (SSSR count). The van der Waals surface area contributed by atoms with Gasteiger partial charge in [-0.25, -0.2) is 14.4 Å². The van der Waals surface area contributed by atoms with Gasteiger partial charge in [0.1, 0.15) is 141 Å². The normalized spacial score (nSPS) is 22.4. The molecule has 0 aliphatic carbocycles. The number of aliphatic imine (C=N–C) groups is 1. The van der Waals surface area contributed by atoms with Gasteiger partial charge in [-0.05, 0) is 95.6 Å². The first-order chi connectivity index (χ1) is 57.5. The number of aliphatic hydroxyl groups is 6. The van der Waals surface area contributed by atoms with E-state index in [0.29, 0.717) is 6.42 Å². The highest BCUT2D eigenvalue weighted by Gasteiger charge is 2.47. The predicted octanol–water partition coefficient (Wildman–Crippen LogP) is 6.37. The molecule has 36 heteroatoms. The zero-order valence-electron chi connectivity index (χ0n) is 65.9. The Morgan fingerprint density at radius 1 is 0.600 bits per heavy atom. The molecule has 1 fully saturated rings. The number of nitrogens with zero attached hydrogens (tertiary/aromatic N) is 1. The van der Waals surface area contributed by atoms with Crippen molar-refractivity contribution in [2.75, 3.05) is 46.2 Å². The summed E-state index contributed by atoms with van der Waals surface area (Å²) in [5.74, 6) is -14.6. The molecule has 5 aromatic rings. The van der Waals surface area contributed by atoms with Crippen LogP contribution in [0.5, 0.6) is 46.0 Å². The maximum absolute atomic E-state index is 16.6. The highest BCUT2D eigenvalue weighted by Crippen LogP contribution is 2.50. The molecule has 0 aromatic heterocycles. The fourth-order valence-electron chi connectivity index (χ4n) is 13.2. The number of nitrogens with one attached hydrogen (secondary N) is 8. The van der Waals surface area contributed by atoms with Gasteiger partial charge >= 0.3 is 18.0 Å². The highest BCUT2D eigenvalue weighted by molar-refractivity contribution is 6.32. The van der Waals surface area contributed by atoms with Crippen LogP contribution in [0.15, 0.2) is 147 Å². The molecule has 5 aromatic carbocycles. The van der Waals surface area contributed by atoms with Crippen LogP contribution in [0.2, 0.25) is 10.0 Å². The van der Waals surface area contributed by atoms with E-state index in [9.17, 15) is 54.6 Å². The zero-order chi connectivity index (χ0) is 87.0. The molecule has 14 atom stereocenters. The van der Waals surface area contributed by atoms with Gasteiger partial charge in [-0.3, -0.25) is 43.9 Å². The SMILES string of the molecule is C=CCOC(=O)C=N[C@H](CC(C)C)C(=O)N[C@H]1C(=O)N[C@@H](CC(=O)NC(=O)NCCCCCCCC)C(=O)N[C@H]2C(=O)N[C@H]3C(=O)N[C@H](C(=O)N[C@H](C(=O)OCC=C)c4cc(OCC=C)cc(OCC=C)c4-c4cc3ccc4OCC=C)[C@H](O)c3ccc(c(Cl)c3)Oc3cc2cc(c3OC2OC(CO)C(O)C(O)C2O)Oc2ccc(cc2Cl)[C@H]1O. The van der Waals surface area contributed by atoms with E-state index in [2.05, 4.69) is 87.3 Å². The highest BCUT2D eigenvalue weighted by atomic mass is 35.5.